The third kappa shape index (κ3) is 5.87. The van der Waals surface area contributed by atoms with Crippen LogP contribution in [0.15, 0.2) is 21.3 Å². The minimum atomic E-state index is -3.34. The van der Waals surface area contributed by atoms with Gasteiger partial charge in [-0.05, 0) is 38.8 Å². The normalized spacial score (nSPS) is 17.1. The molecule has 23 heavy (non-hydrogen) atoms. The Balaban J connectivity index is 0.00000264. The monoisotopic (exact) mass is 472 g/mol. The first-order chi connectivity index (χ1) is 10.4. The first-order valence-electron chi connectivity index (χ1n) is 7.55. The molecule has 3 N–H and O–H groups in total. The van der Waals surface area contributed by atoms with Crippen LogP contribution < -0.4 is 11.1 Å². The van der Waals surface area contributed by atoms with E-state index in [1.807, 2.05) is 19.9 Å². The van der Waals surface area contributed by atoms with Gasteiger partial charge in [0, 0.05) is 24.0 Å². The number of thiophene rings is 1. The van der Waals surface area contributed by atoms with E-state index < -0.39 is 10.0 Å². The molecule has 6 nitrogen and oxygen atoms in total. The number of piperidine rings is 1. The fraction of sp³-hybridized carbons (Fsp3) is 0.643. The summed E-state index contributed by atoms with van der Waals surface area (Å²) >= 11 is 1.27. The zero-order valence-corrected chi connectivity index (χ0v) is 17.5. The molecule has 132 valence electrons. The molecule has 0 atom stereocenters. The van der Waals surface area contributed by atoms with Crippen LogP contribution in [-0.2, 0) is 16.6 Å². The second kappa shape index (κ2) is 9.19. The highest BCUT2D eigenvalue weighted by molar-refractivity contribution is 14.0. The third-order valence-corrected chi connectivity index (χ3v) is 6.82. The summed E-state index contributed by atoms with van der Waals surface area (Å²) in [6.45, 7) is 5.61. The van der Waals surface area contributed by atoms with E-state index in [2.05, 4.69) is 10.3 Å². The maximum atomic E-state index is 12.5. The number of rotatable bonds is 5. The third-order valence-electron chi connectivity index (χ3n) is 3.39. The van der Waals surface area contributed by atoms with Crippen LogP contribution in [0.25, 0.3) is 0 Å². The molecule has 0 aliphatic carbocycles. The minimum absolute atomic E-state index is 0. The van der Waals surface area contributed by atoms with E-state index >= 15 is 0 Å². The zero-order valence-electron chi connectivity index (χ0n) is 13.5. The molecule has 9 heteroatoms. The molecule has 0 amide bonds. The number of hydrogen-bond acceptors (Lipinski definition) is 4. The summed E-state index contributed by atoms with van der Waals surface area (Å²) in [5, 5.41) is 3.01. The molecule has 1 aromatic heterocycles. The second-order valence-corrected chi connectivity index (χ2v) is 9.02. The Morgan fingerprint density at radius 1 is 1.35 bits per heavy atom. The second-order valence-electron chi connectivity index (χ2n) is 5.69. The van der Waals surface area contributed by atoms with Crippen LogP contribution >= 0.6 is 35.3 Å². The van der Waals surface area contributed by atoms with E-state index in [1.54, 1.807) is 10.4 Å². The quantitative estimate of drug-likeness (QED) is 0.391. The van der Waals surface area contributed by atoms with Gasteiger partial charge >= 0.3 is 0 Å². The molecule has 0 bridgehead atoms. The van der Waals surface area contributed by atoms with E-state index in [9.17, 15) is 8.42 Å². The molecule has 1 fully saturated rings. The van der Waals surface area contributed by atoms with Gasteiger partial charge in [-0.25, -0.2) is 13.4 Å². The van der Waals surface area contributed by atoms with Crippen molar-refractivity contribution in [2.24, 2.45) is 10.7 Å². The first kappa shape index (κ1) is 20.7. The number of sulfonamides is 1. The summed E-state index contributed by atoms with van der Waals surface area (Å²) in [6, 6.07) is 3.71. The summed E-state index contributed by atoms with van der Waals surface area (Å²) in [5.74, 6) is 0.379. The SMILES string of the molecule is CC(C)NC(N)=NCc1ccc(S(=O)(=O)N2CCCCC2)s1.I. The van der Waals surface area contributed by atoms with Crippen molar-refractivity contribution in [2.75, 3.05) is 13.1 Å². The number of halogens is 1. The van der Waals surface area contributed by atoms with E-state index in [1.165, 1.54) is 11.3 Å². The van der Waals surface area contributed by atoms with Crippen LogP contribution in [0, 0.1) is 0 Å². The van der Waals surface area contributed by atoms with Gasteiger partial charge in [-0.15, -0.1) is 35.3 Å². The van der Waals surface area contributed by atoms with E-state index in [4.69, 9.17) is 5.73 Å². The number of guanidine groups is 1. The Hall–Kier alpha value is -0.390. The maximum Gasteiger partial charge on any atom is 0.252 e. The molecule has 2 heterocycles. The predicted octanol–water partition coefficient (Wildman–Crippen LogP) is 2.35. The molecule has 0 saturated carbocycles. The van der Waals surface area contributed by atoms with Crippen molar-refractivity contribution in [2.45, 2.75) is 49.9 Å². The van der Waals surface area contributed by atoms with Gasteiger partial charge in [0.05, 0.1) is 6.54 Å². The van der Waals surface area contributed by atoms with Crippen molar-refractivity contribution in [3.8, 4) is 0 Å². The Morgan fingerprint density at radius 3 is 2.61 bits per heavy atom. The summed E-state index contributed by atoms with van der Waals surface area (Å²) in [7, 11) is -3.34. The minimum Gasteiger partial charge on any atom is -0.370 e. The lowest BCUT2D eigenvalue weighted by Crippen LogP contribution is -2.36. The Kier molecular flexibility index (Phi) is 8.25. The highest BCUT2D eigenvalue weighted by Crippen LogP contribution is 2.27. The molecule has 1 aromatic rings. The molecule has 1 aliphatic rings. The van der Waals surface area contributed by atoms with Crippen molar-refractivity contribution in [3.05, 3.63) is 17.0 Å². The van der Waals surface area contributed by atoms with Crippen LogP contribution in [0.4, 0.5) is 0 Å². The zero-order chi connectivity index (χ0) is 16.2. The average Bonchev–Trinajstić information content (AvgIpc) is 2.95. The number of nitrogens with zero attached hydrogens (tertiary/aromatic N) is 2. The van der Waals surface area contributed by atoms with Crippen molar-refractivity contribution >= 4 is 51.3 Å². The summed E-state index contributed by atoms with van der Waals surface area (Å²) < 4.78 is 27.1. The number of nitrogens with two attached hydrogens (primary N) is 1. The van der Waals surface area contributed by atoms with Gasteiger partial charge in [0.15, 0.2) is 5.96 Å². The lowest BCUT2D eigenvalue weighted by molar-refractivity contribution is 0.347. The van der Waals surface area contributed by atoms with E-state index in [0.717, 1.165) is 24.1 Å². The summed E-state index contributed by atoms with van der Waals surface area (Å²) in [4.78, 5) is 5.12. The van der Waals surface area contributed by atoms with Gasteiger partial charge in [-0.2, -0.15) is 4.31 Å². The van der Waals surface area contributed by atoms with E-state index in [-0.39, 0.29) is 30.0 Å². The average molecular weight is 472 g/mol. The fourth-order valence-electron chi connectivity index (χ4n) is 2.32. The molecule has 1 aliphatic heterocycles. The predicted molar refractivity (Wildman–Crippen MR) is 106 cm³/mol. The standard InChI is InChI=1S/C14H24N4O2S2.HI/c1-11(2)17-14(15)16-10-12-6-7-13(21-12)22(19,20)18-8-4-3-5-9-18;/h6-7,11H,3-5,8-10H2,1-2H3,(H3,15,16,17);1H. The van der Waals surface area contributed by atoms with Crippen molar-refractivity contribution < 1.29 is 8.42 Å². The molecule has 1 saturated heterocycles. The Bertz CT molecular complexity index is 622. The maximum absolute atomic E-state index is 12.5. The lowest BCUT2D eigenvalue weighted by atomic mass is 10.2. The van der Waals surface area contributed by atoms with Crippen LogP contribution in [-0.4, -0.2) is 37.8 Å². The highest BCUT2D eigenvalue weighted by atomic mass is 127. The number of hydrogen-bond donors (Lipinski definition) is 2. The van der Waals surface area contributed by atoms with Crippen molar-refractivity contribution in [3.63, 3.8) is 0 Å². The van der Waals surface area contributed by atoms with Crippen molar-refractivity contribution in [1.82, 2.24) is 9.62 Å². The molecule has 2 rings (SSSR count). The molecular formula is C14H25IN4O2S2. The largest absolute Gasteiger partial charge is 0.370 e. The van der Waals surface area contributed by atoms with Gasteiger partial charge in [0.2, 0.25) is 0 Å². The van der Waals surface area contributed by atoms with Gasteiger partial charge in [0.1, 0.15) is 4.21 Å². The van der Waals surface area contributed by atoms with Crippen molar-refractivity contribution in [1.29, 1.82) is 0 Å². The first-order valence-corrected chi connectivity index (χ1v) is 9.80. The van der Waals surface area contributed by atoms with Crippen LogP contribution in [0.1, 0.15) is 38.0 Å². The molecule has 0 aromatic carbocycles. The topological polar surface area (TPSA) is 87.8 Å². The number of aliphatic imine (C=N–C) groups is 1. The van der Waals surface area contributed by atoms with Gasteiger partial charge < -0.3 is 11.1 Å². The van der Waals surface area contributed by atoms with Crippen LogP contribution in [0.5, 0.6) is 0 Å². The Labute approximate surface area is 159 Å². The Morgan fingerprint density at radius 2 is 2.00 bits per heavy atom. The van der Waals surface area contributed by atoms with E-state index in [0.29, 0.717) is 29.8 Å². The van der Waals surface area contributed by atoms with Crippen LogP contribution in [0.2, 0.25) is 0 Å². The van der Waals surface area contributed by atoms with Gasteiger partial charge in [0.25, 0.3) is 10.0 Å². The molecule has 0 radical (unpaired) electrons. The fourth-order valence-corrected chi connectivity index (χ4v) is 5.27. The molecule has 0 unspecified atom stereocenters. The number of nitrogens with one attached hydrogen (secondary N) is 1. The van der Waals surface area contributed by atoms with Gasteiger partial charge in [-0.1, -0.05) is 6.42 Å². The molecule has 0 spiro atoms. The van der Waals surface area contributed by atoms with Crippen LogP contribution in [0.3, 0.4) is 0 Å². The summed E-state index contributed by atoms with van der Waals surface area (Å²) in [5.41, 5.74) is 5.75. The lowest BCUT2D eigenvalue weighted by Gasteiger charge is -2.25. The summed E-state index contributed by atoms with van der Waals surface area (Å²) in [6.07, 6.45) is 3.00. The highest BCUT2D eigenvalue weighted by Gasteiger charge is 2.27. The van der Waals surface area contributed by atoms with Gasteiger partial charge in [-0.3, -0.25) is 0 Å². The molecular weight excluding hydrogens is 447 g/mol. The smallest absolute Gasteiger partial charge is 0.252 e.